The number of carbonyl (C=O) groups is 1. The Morgan fingerprint density at radius 2 is 2.10 bits per heavy atom. The molecule has 4 heteroatoms. The van der Waals surface area contributed by atoms with Gasteiger partial charge < -0.3 is 10.8 Å². The predicted molar refractivity (Wildman–Crippen MR) is 84.2 cm³/mol. The van der Waals surface area contributed by atoms with Crippen LogP contribution < -0.4 is 5.73 Å². The van der Waals surface area contributed by atoms with Gasteiger partial charge in [0, 0.05) is 11.1 Å². The molecule has 0 radical (unpaired) electrons. The molecule has 0 saturated carbocycles. The minimum Gasteiger partial charge on any atom is -0.481 e. The second-order valence-corrected chi connectivity index (χ2v) is 5.46. The van der Waals surface area contributed by atoms with E-state index in [2.05, 4.69) is 4.98 Å². The number of aliphatic carboxylic acids is 1. The van der Waals surface area contributed by atoms with Gasteiger partial charge in [0.15, 0.2) is 0 Å². The quantitative estimate of drug-likeness (QED) is 0.767. The zero-order valence-electron chi connectivity index (χ0n) is 12.4. The first kappa shape index (κ1) is 15.4. The summed E-state index contributed by atoms with van der Waals surface area (Å²) in [5.74, 6) is -1.09. The van der Waals surface area contributed by atoms with Gasteiger partial charge in [-0.3, -0.25) is 9.78 Å². The van der Waals surface area contributed by atoms with Gasteiger partial charge in [-0.05, 0) is 50.4 Å². The molecule has 1 atom stereocenters. The summed E-state index contributed by atoms with van der Waals surface area (Å²) < 4.78 is 0. The molecule has 0 bridgehead atoms. The van der Waals surface area contributed by atoms with Gasteiger partial charge in [0.25, 0.3) is 0 Å². The highest BCUT2D eigenvalue weighted by Crippen LogP contribution is 2.23. The van der Waals surface area contributed by atoms with Gasteiger partial charge in [0.2, 0.25) is 0 Å². The van der Waals surface area contributed by atoms with Crippen LogP contribution in [0.15, 0.2) is 30.3 Å². The maximum atomic E-state index is 11.5. The minimum atomic E-state index is -0.731. The summed E-state index contributed by atoms with van der Waals surface area (Å²) in [6, 6.07) is 9.90. The van der Waals surface area contributed by atoms with Crippen LogP contribution >= 0.6 is 0 Å². The van der Waals surface area contributed by atoms with Crippen LogP contribution in [0.2, 0.25) is 0 Å². The lowest BCUT2D eigenvalue weighted by molar-refractivity contribution is -0.141. The Morgan fingerprint density at radius 3 is 2.81 bits per heavy atom. The first-order valence-electron chi connectivity index (χ1n) is 7.40. The van der Waals surface area contributed by atoms with E-state index in [1.165, 1.54) is 0 Å². The zero-order valence-corrected chi connectivity index (χ0v) is 12.4. The fourth-order valence-corrected chi connectivity index (χ4v) is 2.68. The van der Waals surface area contributed by atoms with E-state index in [-0.39, 0.29) is 5.92 Å². The van der Waals surface area contributed by atoms with Crippen molar-refractivity contribution >= 4 is 16.9 Å². The molecule has 4 nitrogen and oxygen atoms in total. The van der Waals surface area contributed by atoms with Crippen LogP contribution in [-0.2, 0) is 11.2 Å². The van der Waals surface area contributed by atoms with E-state index in [1.54, 1.807) is 0 Å². The van der Waals surface area contributed by atoms with Crippen molar-refractivity contribution in [3.8, 4) is 0 Å². The number of nitrogens with zero attached hydrogens (tertiary/aromatic N) is 1. The number of benzene rings is 1. The topological polar surface area (TPSA) is 76.2 Å². The van der Waals surface area contributed by atoms with Crippen LogP contribution in [0.3, 0.4) is 0 Å². The number of pyridine rings is 1. The molecule has 0 aliphatic heterocycles. The predicted octanol–water partition coefficient (Wildman–Crippen LogP) is 2.92. The summed E-state index contributed by atoms with van der Waals surface area (Å²) in [6.07, 6.45) is 2.95. The number of rotatable bonds is 7. The van der Waals surface area contributed by atoms with Crippen LogP contribution in [0.4, 0.5) is 0 Å². The number of aromatic nitrogens is 1. The van der Waals surface area contributed by atoms with Crippen molar-refractivity contribution in [2.24, 2.45) is 11.7 Å². The molecule has 0 spiro atoms. The van der Waals surface area contributed by atoms with E-state index < -0.39 is 5.97 Å². The number of hydrogen-bond acceptors (Lipinski definition) is 3. The van der Waals surface area contributed by atoms with E-state index in [9.17, 15) is 9.90 Å². The molecule has 0 saturated heterocycles. The minimum absolute atomic E-state index is 0.359. The summed E-state index contributed by atoms with van der Waals surface area (Å²) in [4.78, 5) is 16.0. The Hall–Kier alpha value is -1.94. The Bertz CT molecular complexity index is 625. The van der Waals surface area contributed by atoms with Crippen molar-refractivity contribution in [3.05, 3.63) is 41.6 Å². The van der Waals surface area contributed by atoms with Crippen molar-refractivity contribution < 1.29 is 9.90 Å². The number of carboxylic acids is 1. The molecule has 3 N–H and O–H groups in total. The monoisotopic (exact) mass is 286 g/mol. The van der Waals surface area contributed by atoms with Gasteiger partial charge in [-0.1, -0.05) is 24.6 Å². The molecular weight excluding hydrogens is 264 g/mol. The van der Waals surface area contributed by atoms with Crippen LogP contribution in [0.1, 0.15) is 30.5 Å². The molecule has 2 aromatic rings. The van der Waals surface area contributed by atoms with Crippen LogP contribution in [0.5, 0.6) is 0 Å². The third kappa shape index (κ3) is 4.02. The SMILES string of the molecule is Cc1cc(CC(CCCCN)C(=O)O)c2ccccc2n1. The van der Waals surface area contributed by atoms with Crippen molar-refractivity contribution in [1.29, 1.82) is 0 Å². The van der Waals surface area contributed by atoms with E-state index in [0.29, 0.717) is 19.4 Å². The van der Waals surface area contributed by atoms with Gasteiger partial charge in [-0.15, -0.1) is 0 Å². The van der Waals surface area contributed by atoms with Crippen molar-refractivity contribution in [2.75, 3.05) is 6.54 Å². The van der Waals surface area contributed by atoms with Gasteiger partial charge >= 0.3 is 5.97 Å². The fourth-order valence-electron chi connectivity index (χ4n) is 2.68. The molecule has 0 amide bonds. The molecule has 2 rings (SSSR count). The van der Waals surface area contributed by atoms with E-state index in [1.807, 2.05) is 37.3 Å². The lowest BCUT2D eigenvalue weighted by Crippen LogP contribution is -2.17. The number of para-hydroxylation sites is 1. The highest BCUT2D eigenvalue weighted by molar-refractivity contribution is 5.83. The summed E-state index contributed by atoms with van der Waals surface area (Å²) in [6.45, 7) is 2.56. The fraction of sp³-hybridized carbons (Fsp3) is 0.412. The molecule has 112 valence electrons. The number of unbranched alkanes of at least 4 members (excludes halogenated alkanes) is 1. The normalized spacial score (nSPS) is 12.5. The average molecular weight is 286 g/mol. The van der Waals surface area contributed by atoms with Crippen LogP contribution in [0.25, 0.3) is 10.9 Å². The molecule has 0 aliphatic carbocycles. The Kier molecular flexibility index (Phi) is 5.28. The Morgan fingerprint density at radius 1 is 1.33 bits per heavy atom. The van der Waals surface area contributed by atoms with Gasteiger partial charge in [0.05, 0.1) is 11.4 Å². The van der Waals surface area contributed by atoms with Gasteiger partial charge in [-0.2, -0.15) is 0 Å². The smallest absolute Gasteiger partial charge is 0.306 e. The Labute approximate surface area is 125 Å². The summed E-state index contributed by atoms with van der Waals surface area (Å²) >= 11 is 0. The maximum Gasteiger partial charge on any atom is 0.306 e. The van der Waals surface area contributed by atoms with Gasteiger partial charge in [-0.25, -0.2) is 0 Å². The Balaban J connectivity index is 2.25. The lowest BCUT2D eigenvalue weighted by Gasteiger charge is -2.14. The second kappa shape index (κ2) is 7.18. The molecule has 1 aromatic carbocycles. The van der Waals surface area contributed by atoms with Crippen LogP contribution in [-0.4, -0.2) is 22.6 Å². The molecular formula is C17H22N2O2. The first-order chi connectivity index (χ1) is 10.1. The number of fused-ring (bicyclic) bond motifs is 1. The van der Waals surface area contributed by atoms with E-state index in [4.69, 9.17) is 5.73 Å². The van der Waals surface area contributed by atoms with Crippen molar-refractivity contribution in [2.45, 2.75) is 32.6 Å². The summed E-state index contributed by atoms with van der Waals surface area (Å²) in [5.41, 5.74) is 8.40. The third-order valence-electron chi connectivity index (χ3n) is 3.75. The molecule has 1 unspecified atom stereocenters. The number of carboxylic acid groups (broad SMARTS) is 1. The van der Waals surface area contributed by atoms with Gasteiger partial charge in [0.1, 0.15) is 0 Å². The molecule has 1 heterocycles. The summed E-state index contributed by atoms with van der Waals surface area (Å²) in [5, 5.41) is 10.5. The summed E-state index contributed by atoms with van der Waals surface area (Å²) in [7, 11) is 0. The first-order valence-corrected chi connectivity index (χ1v) is 7.40. The molecule has 1 aromatic heterocycles. The molecule has 21 heavy (non-hydrogen) atoms. The zero-order chi connectivity index (χ0) is 15.2. The average Bonchev–Trinajstić information content (AvgIpc) is 2.46. The number of aryl methyl sites for hydroxylation is 1. The van der Waals surface area contributed by atoms with E-state index in [0.717, 1.165) is 35.0 Å². The highest BCUT2D eigenvalue weighted by atomic mass is 16.4. The van der Waals surface area contributed by atoms with Crippen molar-refractivity contribution in [3.63, 3.8) is 0 Å². The third-order valence-corrected chi connectivity index (χ3v) is 3.75. The number of nitrogens with two attached hydrogens (primary N) is 1. The molecule has 0 aliphatic rings. The van der Waals surface area contributed by atoms with Crippen molar-refractivity contribution in [1.82, 2.24) is 4.98 Å². The molecule has 0 fully saturated rings. The highest BCUT2D eigenvalue weighted by Gasteiger charge is 2.19. The van der Waals surface area contributed by atoms with Crippen LogP contribution in [0, 0.1) is 12.8 Å². The number of hydrogen-bond donors (Lipinski definition) is 2. The largest absolute Gasteiger partial charge is 0.481 e. The lowest BCUT2D eigenvalue weighted by atomic mass is 9.92. The second-order valence-electron chi connectivity index (χ2n) is 5.46. The van der Waals surface area contributed by atoms with E-state index >= 15 is 0 Å². The maximum absolute atomic E-state index is 11.5. The standard InChI is InChI=1S/C17H22N2O2/c1-12-10-14(15-7-2-3-8-16(15)19-12)11-13(17(20)21)6-4-5-9-18/h2-3,7-8,10,13H,4-6,9,11,18H2,1H3,(H,20,21).